The molecule has 1 aliphatic rings. The van der Waals surface area contributed by atoms with E-state index >= 15 is 0 Å². The Hall–Kier alpha value is -1.26. The fraction of sp³-hybridized carbons (Fsp3) is 0.500. The third-order valence-corrected chi connectivity index (χ3v) is 2.95. The lowest BCUT2D eigenvalue weighted by molar-refractivity contribution is 0.0382. The monoisotopic (exact) mass is 222 g/mol. The van der Waals surface area contributed by atoms with Gasteiger partial charge in [0, 0.05) is 30.9 Å². The van der Waals surface area contributed by atoms with E-state index in [9.17, 15) is 5.11 Å². The SMILES string of the molecule is Cc1ccc(N)cc1NCC1(O)CCOC1. The molecule has 0 spiro atoms. The number of nitrogens with one attached hydrogen (secondary N) is 1. The summed E-state index contributed by atoms with van der Waals surface area (Å²) in [5, 5.41) is 13.3. The van der Waals surface area contributed by atoms with Crippen molar-refractivity contribution in [2.45, 2.75) is 18.9 Å². The highest BCUT2D eigenvalue weighted by Gasteiger charge is 2.31. The predicted molar refractivity (Wildman–Crippen MR) is 64.5 cm³/mol. The summed E-state index contributed by atoms with van der Waals surface area (Å²) in [4.78, 5) is 0. The second-order valence-corrected chi connectivity index (χ2v) is 4.45. The van der Waals surface area contributed by atoms with Crippen LogP contribution in [0.5, 0.6) is 0 Å². The second-order valence-electron chi connectivity index (χ2n) is 4.45. The molecule has 1 fully saturated rings. The zero-order valence-corrected chi connectivity index (χ0v) is 9.49. The minimum Gasteiger partial charge on any atom is -0.399 e. The van der Waals surface area contributed by atoms with Crippen LogP contribution in [0.2, 0.25) is 0 Å². The van der Waals surface area contributed by atoms with Gasteiger partial charge in [0.2, 0.25) is 0 Å². The summed E-state index contributed by atoms with van der Waals surface area (Å²) in [6, 6.07) is 5.72. The first-order chi connectivity index (χ1) is 7.59. The fourth-order valence-corrected chi connectivity index (χ4v) is 1.83. The normalized spacial score (nSPS) is 24.6. The van der Waals surface area contributed by atoms with Gasteiger partial charge in [-0.3, -0.25) is 0 Å². The van der Waals surface area contributed by atoms with E-state index in [1.165, 1.54) is 0 Å². The van der Waals surface area contributed by atoms with Crippen LogP contribution < -0.4 is 11.1 Å². The molecule has 2 rings (SSSR count). The number of hydrogen-bond acceptors (Lipinski definition) is 4. The number of nitrogen functional groups attached to an aromatic ring is 1. The molecule has 1 aromatic rings. The molecule has 0 saturated carbocycles. The Morgan fingerprint density at radius 3 is 3.06 bits per heavy atom. The van der Waals surface area contributed by atoms with Crippen LogP contribution in [-0.4, -0.2) is 30.5 Å². The summed E-state index contributed by atoms with van der Waals surface area (Å²) in [6.45, 7) is 3.55. The molecule has 1 unspecified atom stereocenters. The van der Waals surface area contributed by atoms with Crippen LogP contribution in [0.1, 0.15) is 12.0 Å². The van der Waals surface area contributed by atoms with E-state index in [1.54, 1.807) is 0 Å². The number of ether oxygens (including phenoxy) is 1. The number of aryl methyl sites for hydroxylation is 1. The molecule has 1 heterocycles. The van der Waals surface area contributed by atoms with E-state index in [1.807, 2.05) is 25.1 Å². The van der Waals surface area contributed by atoms with E-state index in [-0.39, 0.29) is 0 Å². The first-order valence-corrected chi connectivity index (χ1v) is 5.49. The Kier molecular flexibility index (Phi) is 3.03. The lowest BCUT2D eigenvalue weighted by Crippen LogP contribution is -2.37. The molecule has 1 atom stereocenters. The number of nitrogens with two attached hydrogens (primary N) is 1. The van der Waals surface area contributed by atoms with Crippen LogP contribution >= 0.6 is 0 Å². The lowest BCUT2D eigenvalue weighted by Gasteiger charge is -2.22. The standard InChI is InChI=1S/C12H18N2O2/c1-9-2-3-10(13)6-11(9)14-7-12(15)4-5-16-8-12/h2-3,6,14-15H,4-5,7-8,13H2,1H3. The Bertz CT molecular complexity index is 373. The van der Waals surface area contributed by atoms with Gasteiger partial charge in [0.1, 0.15) is 5.60 Å². The van der Waals surface area contributed by atoms with Gasteiger partial charge in [0.05, 0.1) is 6.61 Å². The Balaban J connectivity index is 2.01. The van der Waals surface area contributed by atoms with E-state index in [0.29, 0.717) is 26.2 Å². The first-order valence-electron chi connectivity index (χ1n) is 5.49. The van der Waals surface area contributed by atoms with Gasteiger partial charge in [0.15, 0.2) is 0 Å². The number of benzene rings is 1. The average Bonchev–Trinajstić information content (AvgIpc) is 2.67. The maximum absolute atomic E-state index is 10.1. The quantitative estimate of drug-likeness (QED) is 0.671. The van der Waals surface area contributed by atoms with Crippen molar-refractivity contribution < 1.29 is 9.84 Å². The van der Waals surface area contributed by atoms with Gasteiger partial charge in [-0.2, -0.15) is 0 Å². The van der Waals surface area contributed by atoms with E-state index in [2.05, 4.69) is 5.32 Å². The van der Waals surface area contributed by atoms with Gasteiger partial charge < -0.3 is 20.9 Å². The van der Waals surface area contributed by atoms with Crippen LogP contribution in [0.15, 0.2) is 18.2 Å². The van der Waals surface area contributed by atoms with Crippen molar-refractivity contribution in [3.63, 3.8) is 0 Å². The van der Waals surface area contributed by atoms with Crippen LogP contribution in [0.4, 0.5) is 11.4 Å². The number of aliphatic hydroxyl groups is 1. The predicted octanol–water partition coefficient (Wildman–Crippen LogP) is 1.14. The Morgan fingerprint density at radius 1 is 1.56 bits per heavy atom. The molecular weight excluding hydrogens is 204 g/mol. The van der Waals surface area contributed by atoms with Gasteiger partial charge in [-0.15, -0.1) is 0 Å². The van der Waals surface area contributed by atoms with Crippen molar-refractivity contribution in [2.75, 3.05) is 30.8 Å². The maximum atomic E-state index is 10.1. The van der Waals surface area contributed by atoms with Crippen molar-refractivity contribution in [3.8, 4) is 0 Å². The molecule has 1 aromatic carbocycles. The van der Waals surface area contributed by atoms with E-state index in [4.69, 9.17) is 10.5 Å². The van der Waals surface area contributed by atoms with E-state index in [0.717, 1.165) is 16.9 Å². The van der Waals surface area contributed by atoms with Crippen LogP contribution in [-0.2, 0) is 4.74 Å². The lowest BCUT2D eigenvalue weighted by atomic mass is 10.0. The molecule has 88 valence electrons. The minimum absolute atomic E-state index is 0.404. The molecule has 0 aliphatic carbocycles. The van der Waals surface area contributed by atoms with Gasteiger partial charge >= 0.3 is 0 Å². The maximum Gasteiger partial charge on any atom is 0.107 e. The summed E-state index contributed by atoms with van der Waals surface area (Å²) in [6.07, 6.45) is 0.682. The first kappa shape index (κ1) is 11.2. The molecule has 1 aliphatic heterocycles. The largest absolute Gasteiger partial charge is 0.399 e. The topological polar surface area (TPSA) is 67.5 Å². The second kappa shape index (κ2) is 4.31. The zero-order chi connectivity index (χ0) is 11.6. The molecule has 0 amide bonds. The highest BCUT2D eigenvalue weighted by atomic mass is 16.5. The molecule has 4 N–H and O–H groups in total. The molecule has 0 aromatic heterocycles. The minimum atomic E-state index is -0.739. The van der Waals surface area contributed by atoms with Gasteiger partial charge in [-0.25, -0.2) is 0 Å². The molecule has 0 bridgehead atoms. The zero-order valence-electron chi connectivity index (χ0n) is 9.49. The van der Waals surface area contributed by atoms with Crippen LogP contribution in [0.25, 0.3) is 0 Å². The van der Waals surface area contributed by atoms with Crippen molar-refractivity contribution in [1.82, 2.24) is 0 Å². The summed E-state index contributed by atoms with van der Waals surface area (Å²) in [5.74, 6) is 0. The third kappa shape index (κ3) is 2.46. The highest BCUT2D eigenvalue weighted by Crippen LogP contribution is 2.22. The van der Waals surface area contributed by atoms with Gasteiger partial charge in [-0.05, 0) is 24.6 Å². The van der Waals surface area contributed by atoms with Crippen molar-refractivity contribution in [2.24, 2.45) is 0 Å². The van der Waals surface area contributed by atoms with Crippen LogP contribution in [0, 0.1) is 6.92 Å². The van der Waals surface area contributed by atoms with Gasteiger partial charge in [-0.1, -0.05) is 6.07 Å². The molecular formula is C12H18N2O2. The Morgan fingerprint density at radius 2 is 2.38 bits per heavy atom. The summed E-state index contributed by atoms with van der Waals surface area (Å²) >= 11 is 0. The van der Waals surface area contributed by atoms with Gasteiger partial charge in [0.25, 0.3) is 0 Å². The van der Waals surface area contributed by atoms with Crippen molar-refractivity contribution in [3.05, 3.63) is 23.8 Å². The summed E-state index contributed by atoms with van der Waals surface area (Å²) in [5.41, 5.74) is 7.80. The molecule has 16 heavy (non-hydrogen) atoms. The molecule has 0 radical (unpaired) electrons. The molecule has 4 nitrogen and oxygen atoms in total. The molecule has 4 heteroatoms. The Labute approximate surface area is 95.4 Å². The number of hydrogen-bond donors (Lipinski definition) is 3. The highest BCUT2D eigenvalue weighted by molar-refractivity contribution is 5.59. The summed E-state index contributed by atoms with van der Waals surface area (Å²) < 4.78 is 5.19. The van der Waals surface area contributed by atoms with E-state index < -0.39 is 5.60 Å². The molecule has 1 saturated heterocycles. The third-order valence-electron chi connectivity index (χ3n) is 2.95. The van der Waals surface area contributed by atoms with Crippen LogP contribution in [0.3, 0.4) is 0 Å². The number of anilines is 2. The summed E-state index contributed by atoms with van der Waals surface area (Å²) in [7, 11) is 0. The number of rotatable bonds is 3. The van der Waals surface area contributed by atoms with Crippen molar-refractivity contribution >= 4 is 11.4 Å². The fourth-order valence-electron chi connectivity index (χ4n) is 1.83. The van der Waals surface area contributed by atoms with Crippen molar-refractivity contribution in [1.29, 1.82) is 0 Å². The smallest absolute Gasteiger partial charge is 0.107 e. The average molecular weight is 222 g/mol.